The molecule has 140 valence electrons. The third-order valence-electron chi connectivity index (χ3n) is 4.95. The zero-order chi connectivity index (χ0) is 19.2. The van der Waals surface area contributed by atoms with Crippen LogP contribution in [0, 0.1) is 6.92 Å². The Labute approximate surface area is 153 Å². The molecule has 3 rings (SSSR count). The molecule has 0 amide bonds. The summed E-state index contributed by atoms with van der Waals surface area (Å²) in [7, 11) is -0.904. The topological polar surface area (TPSA) is 84.9 Å². The Morgan fingerprint density at radius 3 is 2.46 bits per heavy atom. The highest BCUT2D eigenvalue weighted by Crippen LogP contribution is 2.50. The fourth-order valence-electron chi connectivity index (χ4n) is 3.56. The maximum atomic E-state index is 13.0. The van der Waals surface area contributed by atoms with Crippen LogP contribution in [0.5, 0.6) is 11.5 Å². The second-order valence-corrected chi connectivity index (χ2v) is 8.69. The van der Waals surface area contributed by atoms with Crippen molar-refractivity contribution >= 4 is 9.84 Å². The average Bonchev–Trinajstić information content (AvgIpc) is 2.85. The second kappa shape index (κ2) is 6.26. The Morgan fingerprint density at radius 2 is 1.88 bits per heavy atom. The molecular weight excluding hydrogens is 354 g/mol. The zero-order valence-corrected chi connectivity index (χ0v) is 16.1. The molecule has 0 saturated heterocycles. The highest BCUT2D eigenvalue weighted by atomic mass is 32.2. The lowest BCUT2D eigenvalue weighted by Crippen LogP contribution is -2.64. The van der Waals surface area contributed by atoms with E-state index in [4.69, 9.17) is 9.47 Å². The standard InChI is InChI=1S/C19H23NO5S/c1-13-7-5-6-8-17(13)25-19(26(4,22)23)16-11-15(24-3)10-9-14(16)12-18(19,21)20-2/h5-11,20-21H,12H2,1-4H3. The van der Waals surface area contributed by atoms with Gasteiger partial charge in [0.2, 0.25) is 0 Å². The first-order chi connectivity index (χ1) is 12.2. The van der Waals surface area contributed by atoms with Gasteiger partial charge < -0.3 is 14.6 Å². The van der Waals surface area contributed by atoms with Crippen molar-refractivity contribution in [2.75, 3.05) is 20.4 Å². The van der Waals surface area contributed by atoms with Crippen LogP contribution in [0.15, 0.2) is 42.5 Å². The van der Waals surface area contributed by atoms with Crippen LogP contribution in [0.3, 0.4) is 0 Å². The van der Waals surface area contributed by atoms with E-state index in [2.05, 4.69) is 5.32 Å². The molecular formula is C19H23NO5S. The number of likely N-dealkylation sites (N-methyl/N-ethyl adjacent to an activating group) is 1. The molecule has 0 heterocycles. The number of hydrogen-bond acceptors (Lipinski definition) is 6. The van der Waals surface area contributed by atoms with Gasteiger partial charge in [-0.05, 0) is 43.3 Å². The molecule has 0 bridgehead atoms. The molecule has 0 fully saturated rings. The van der Waals surface area contributed by atoms with Crippen LogP contribution in [-0.2, 0) is 21.2 Å². The van der Waals surface area contributed by atoms with Crippen LogP contribution in [0.2, 0.25) is 0 Å². The molecule has 1 aliphatic rings. The number of rotatable bonds is 5. The molecule has 0 saturated carbocycles. The molecule has 0 spiro atoms. The Balaban J connectivity index is 2.33. The summed E-state index contributed by atoms with van der Waals surface area (Å²) in [5.74, 6) is 0.882. The summed E-state index contributed by atoms with van der Waals surface area (Å²) in [5, 5.41) is 14.1. The monoisotopic (exact) mass is 377 g/mol. The minimum atomic E-state index is -3.93. The molecule has 0 aliphatic heterocycles. The molecule has 7 heteroatoms. The van der Waals surface area contributed by atoms with E-state index < -0.39 is 20.5 Å². The molecule has 2 N–H and O–H groups in total. The summed E-state index contributed by atoms with van der Waals surface area (Å²) in [6, 6.07) is 12.2. The number of aliphatic hydroxyl groups is 1. The van der Waals surface area contributed by atoms with Gasteiger partial charge in [-0.15, -0.1) is 0 Å². The quantitative estimate of drug-likeness (QED) is 0.772. The fraction of sp³-hybridized carbons (Fsp3) is 0.368. The van der Waals surface area contributed by atoms with Crippen LogP contribution in [0.1, 0.15) is 16.7 Å². The lowest BCUT2D eigenvalue weighted by atomic mass is 10.1. The van der Waals surface area contributed by atoms with E-state index >= 15 is 0 Å². The number of sulfone groups is 1. The van der Waals surface area contributed by atoms with Crippen LogP contribution < -0.4 is 14.8 Å². The number of benzene rings is 2. The van der Waals surface area contributed by atoms with E-state index in [9.17, 15) is 13.5 Å². The first kappa shape index (κ1) is 18.7. The maximum Gasteiger partial charge on any atom is 0.275 e. The number of fused-ring (bicyclic) bond motifs is 1. The maximum absolute atomic E-state index is 13.0. The summed E-state index contributed by atoms with van der Waals surface area (Å²) in [6.45, 7) is 1.82. The number of aryl methyl sites for hydroxylation is 1. The van der Waals surface area contributed by atoms with Crippen molar-refractivity contribution in [3.63, 3.8) is 0 Å². The summed E-state index contributed by atoms with van der Waals surface area (Å²) in [4.78, 5) is -2.01. The van der Waals surface area contributed by atoms with Crippen molar-refractivity contribution in [1.29, 1.82) is 0 Å². The Morgan fingerprint density at radius 1 is 1.19 bits per heavy atom. The van der Waals surface area contributed by atoms with Gasteiger partial charge in [-0.25, -0.2) is 8.42 Å². The van der Waals surface area contributed by atoms with Crippen LogP contribution in [0.4, 0.5) is 0 Å². The molecule has 26 heavy (non-hydrogen) atoms. The summed E-state index contributed by atoms with van der Waals surface area (Å²) < 4.78 is 37.5. The predicted octanol–water partition coefficient (Wildman–Crippen LogP) is 1.74. The number of nitrogens with one attached hydrogen (secondary N) is 1. The van der Waals surface area contributed by atoms with E-state index in [-0.39, 0.29) is 6.42 Å². The third kappa shape index (κ3) is 2.58. The molecule has 2 atom stereocenters. The Bertz CT molecular complexity index is 943. The van der Waals surface area contributed by atoms with E-state index in [1.165, 1.54) is 14.2 Å². The van der Waals surface area contributed by atoms with Gasteiger partial charge in [-0.3, -0.25) is 5.32 Å². The minimum Gasteiger partial charge on any atom is -0.497 e. The summed E-state index contributed by atoms with van der Waals surface area (Å²) in [5.41, 5.74) is -0.0103. The van der Waals surface area contributed by atoms with Gasteiger partial charge in [-0.1, -0.05) is 24.3 Å². The van der Waals surface area contributed by atoms with E-state index in [1.54, 1.807) is 30.3 Å². The lowest BCUT2D eigenvalue weighted by Gasteiger charge is -2.41. The van der Waals surface area contributed by atoms with Crippen molar-refractivity contribution in [3.05, 3.63) is 59.2 Å². The SMILES string of the molecule is CNC1(O)Cc2ccc(OC)cc2C1(Oc1ccccc1C)S(C)(=O)=O. The van der Waals surface area contributed by atoms with Crippen LogP contribution in [0.25, 0.3) is 0 Å². The number of methoxy groups -OCH3 is 1. The van der Waals surface area contributed by atoms with Crippen LogP contribution in [-0.4, -0.2) is 39.7 Å². The molecule has 6 nitrogen and oxygen atoms in total. The van der Waals surface area contributed by atoms with E-state index in [1.807, 2.05) is 19.1 Å². The van der Waals surface area contributed by atoms with Gasteiger partial charge in [0.25, 0.3) is 4.93 Å². The molecule has 2 aromatic carbocycles. The molecule has 0 aromatic heterocycles. The van der Waals surface area contributed by atoms with Crippen molar-refractivity contribution in [2.45, 2.75) is 24.0 Å². The van der Waals surface area contributed by atoms with Crippen LogP contribution >= 0.6 is 0 Å². The number of ether oxygens (including phenoxy) is 2. The predicted molar refractivity (Wildman–Crippen MR) is 99.0 cm³/mol. The normalized spacial score (nSPS) is 25.0. The van der Waals surface area contributed by atoms with Crippen molar-refractivity contribution in [1.82, 2.24) is 5.32 Å². The lowest BCUT2D eigenvalue weighted by molar-refractivity contribution is -0.0976. The average molecular weight is 377 g/mol. The fourth-order valence-corrected chi connectivity index (χ4v) is 5.18. The van der Waals surface area contributed by atoms with Crippen molar-refractivity contribution < 1.29 is 23.0 Å². The highest BCUT2D eigenvalue weighted by Gasteiger charge is 2.66. The van der Waals surface area contributed by atoms with Gasteiger partial charge in [0, 0.05) is 18.2 Å². The Hall–Kier alpha value is -2.09. The number of hydrogen-bond donors (Lipinski definition) is 2. The molecule has 2 aromatic rings. The van der Waals surface area contributed by atoms with Gasteiger partial charge in [-0.2, -0.15) is 0 Å². The smallest absolute Gasteiger partial charge is 0.275 e. The molecule has 2 unspecified atom stereocenters. The molecule has 1 aliphatic carbocycles. The van der Waals surface area contributed by atoms with Gasteiger partial charge in [0.15, 0.2) is 15.6 Å². The van der Waals surface area contributed by atoms with Gasteiger partial charge in [0.05, 0.1) is 7.11 Å². The third-order valence-corrected chi connectivity index (χ3v) is 6.63. The van der Waals surface area contributed by atoms with E-state index in [0.717, 1.165) is 11.8 Å². The number of para-hydroxylation sites is 1. The molecule has 0 radical (unpaired) electrons. The van der Waals surface area contributed by atoms with Gasteiger partial charge in [0.1, 0.15) is 11.5 Å². The van der Waals surface area contributed by atoms with Crippen molar-refractivity contribution in [2.24, 2.45) is 0 Å². The van der Waals surface area contributed by atoms with Gasteiger partial charge >= 0.3 is 0 Å². The largest absolute Gasteiger partial charge is 0.497 e. The minimum absolute atomic E-state index is 0.0851. The summed E-state index contributed by atoms with van der Waals surface area (Å²) in [6.07, 6.45) is 1.16. The zero-order valence-electron chi connectivity index (χ0n) is 15.2. The van der Waals surface area contributed by atoms with Crippen molar-refractivity contribution in [3.8, 4) is 11.5 Å². The van der Waals surface area contributed by atoms with E-state index in [0.29, 0.717) is 22.6 Å². The first-order valence-corrected chi connectivity index (χ1v) is 10.1. The summed E-state index contributed by atoms with van der Waals surface area (Å²) >= 11 is 0. The Kier molecular flexibility index (Phi) is 4.50. The highest BCUT2D eigenvalue weighted by molar-refractivity contribution is 7.91. The second-order valence-electron chi connectivity index (χ2n) is 6.57. The first-order valence-electron chi connectivity index (χ1n) is 8.21.